The highest BCUT2D eigenvalue weighted by molar-refractivity contribution is 7.91. The van der Waals surface area contributed by atoms with Gasteiger partial charge in [0, 0.05) is 5.88 Å². The SMILES string of the molecule is CC(C)C(CCl)C1CCS(=O)(=O)C1. The molecule has 2 unspecified atom stereocenters. The Labute approximate surface area is 85.6 Å². The van der Waals surface area contributed by atoms with Crippen molar-refractivity contribution in [2.75, 3.05) is 17.4 Å². The van der Waals surface area contributed by atoms with Gasteiger partial charge in [0.15, 0.2) is 9.84 Å². The molecule has 2 atom stereocenters. The van der Waals surface area contributed by atoms with Gasteiger partial charge in [-0.2, -0.15) is 0 Å². The Balaban J connectivity index is 2.63. The molecule has 0 spiro atoms. The first kappa shape index (κ1) is 11.3. The summed E-state index contributed by atoms with van der Waals surface area (Å²) in [6, 6.07) is 0. The molecule has 1 aliphatic rings. The van der Waals surface area contributed by atoms with Crippen LogP contribution in [0.5, 0.6) is 0 Å². The van der Waals surface area contributed by atoms with Crippen LogP contribution in [0.15, 0.2) is 0 Å². The average Bonchev–Trinajstić information content (AvgIpc) is 2.31. The topological polar surface area (TPSA) is 34.1 Å². The van der Waals surface area contributed by atoms with Crippen molar-refractivity contribution in [1.29, 1.82) is 0 Å². The molecule has 0 radical (unpaired) electrons. The number of sulfone groups is 1. The first-order chi connectivity index (χ1) is 5.96. The fraction of sp³-hybridized carbons (Fsp3) is 1.00. The van der Waals surface area contributed by atoms with Crippen molar-refractivity contribution in [1.82, 2.24) is 0 Å². The van der Waals surface area contributed by atoms with E-state index in [4.69, 9.17) is 11.6 Å². The highest BCUT2D eigenvalue weighted by Crippen LogP contribution is 2.31. The van der Waals surface area contributed by atoms with E-state index in [0.717, 1.165) is 6.42 Å². The number of hydrogen-bond acceptors (Lipinski definition) is 2. The maximum Gasteiger partial charge on any atom is 0.150 e. The Hall–Kier alpha value is 0.240. The molecule has 0 aromatic carbocycles. The molecule has 1 aliphatic heterocycles. The second-order valence-electron chi connectivity index (χ2n) is 4.23. The van der Waals surface area contributed by atoms with Crippen LogP contribution in [-0.2, 0) is 9.84 Å². The van der Waals surface area contributed by atoms with Crippen molar-refractivity contribution >= 4 is 21.4 Å². The van der Waals surface area contributed by atoms with Crippen LogP contribution in [0.1, 0.15) is 20.3 Å². The quantitative estimate of drug-likeness (QED) is 0.687. The lowest BCUT2D eigenvalue weighted by Crippen LogP contribution is -2.22. The molecule has 0 aliphatic carbocycles. The molecule has 13 heavy (non-hydrogen) atoms. The lowest BCUT2D eigenvalue weighted by Gasteiger charge is -2.23. The molecule has 0 bridgehead atoms. The summed E-state index contributed by atoms with van der Waals surface area (Å²) < 4.78 is 22.5. The zero-order valence-corrected chi connectivity index (χ0v) is 9.74. The number of alkyl halides is 1. The summed E-state index contributed by atoms with van der Waals surface area (Å²) in [6.07, 6.45) is 0.803. The Morgan fingerprint density at radius 3 is 2.38 bits per heavy atom. The molecule has 0 N–H and O–H groups in total. The maximum atomic E-state index is 11.2. The van der Waals surface area contributed by atoms with Crippen LogP contribution in [0.3, 0.4) is 0 Å². The molecule has 0 aromatic heterocycles. The molecule has 0 aromatic rings. The zero-order valence-electron chi connectivity index (χ0n) is 8.16. The molecule has 1 fully saturated rings. The smallest absolute Gasteiger partial charge is 0.150 e. The largest absolute Gasteiger partial charge is 0.229 e. The van der Waals surface area contributed by atoms with E-state index in [1.807, 2.05) is 0 Å². The van der Waals surface area contributed by atoms with Crippen molar-refractivity contribution in [3.63, 3.8) is 0 Å². The molecular weight excluding hydrogens is 208 g/mol. The van der Waals surface area contributed by atoms with Crippen molar-refractivity contribution in [2.24, 2.45) is 17.8 Å². The second kappa shape index (κ2) is 4.18. The van der Waals surface area contributed by atoms with Crippen LogP contribution in [0.25, 0.3) is 0 Å². The third-order valence-corrected chi connectivity index (χ3v) is 5.06. The molecule has 1 saturated heterocycles. The Kier molecular flexibility index (Phi) is 3.64. The van der Waals surface area contributed by atoms with Gasteiger partial charge in [0.05, 0.1) is 11.5 Å². The summed E-state index contributed by atoms with van der Waals surface area (Å²) in [5.74, 6) is 2.43. The minimum Gasteiger partial charge on any atom is -0.229 e. The first-order valence-electron chi connectivity index (χ1n) is 4.72. The van der Waals surface area contributed by atoms with Crippen LogP contribution in [0, 0.1) is 17.8 Å². The van der Waals surface area contributed by atoms with Gasteiger partial charge in [-0.1, -0.05) is 13.8 Å². The van der Waals surface area contributed by atoms with E-state index in [9.17, 15) is 8.42 Å². The number of hydrogen-bond donors (Lipinski definition) is 0. The summed E-state index contributed by atoms with van der Waals surface area (Å²) in [4.78, 5) is 0. The fourth-order valence-electron chi connectivity index (χ4n) is 2.01. The Bertz CT molecular complexity index is 259. The first-order valence-corrected chi connectivity index (χ1v) is 7.08. The summed E-state index contributed by atoms with van der Waals surface area (Å²) in [5.41, 5.74) is 0. The third kappa shape index (κ3) is 2.84. The molecule has 4 heteroatoms. The zero-order chi connectivity index (χ0) is 10.1. The molecule has 0 saturated carbocycles. The molecular formula is C9H17ClO2S. The fourth-order valence-corrected chi connectivity index (χ4v) is 4.51. The van der Waals surface area contributed by atoms with Gasteiger partial charge in [-0.3, -0.25) is 0 Å². The summed E-state index contributed by atoms with van der Waals surface area (Å²) >= 11 is 5.84. The van der Waals surface area contributed by atoms with E-state index in [-0.39, 0.29) is 0 Å². The standard InChI is InChI=1S/C9H17ClO2S/c1-7(2)9(5-10)8-3-4-13(11,12)6-8/h7-9H,3-6H2,1-2H3. The van der Waals surface area contributed by atoms with E-state index in [1.165, 1.54) is 0 Å². The monoisotopic (exact) mass is 224 g/mol. The maximum absolute atomic E-state index is 11.2. The average molecular weight is 225 g/mol. The molecule has 2 nitrogen and oxygen atoms in total. The minimum atomic E-state index is -2.74. The third-order valence-electron chi connectivity index (χ3n) is 2.91. The van der Waals surface area contributed by atoms with Gasteiger partial charge in [0.25, 0.3) is 0 Å². The van der Waals surface area contributed by atoms with E-state index in [2.05, 4.69) is 13.8 Å². The van der Waals surface area contributed by atoms with E-state index in [1.54, 1.807) is 0 Å². The van der Waals surface area contributed by atoms with E-state index < -0.39 is 9.84 Å². The van der Waals surface area contributed by atoms with Crippen LogP contribution in [-0.4, -0.2) is 25.8 Å². The van der Waals surface area contributed by atoms with Gasteiger partial charge < -0.3 is 0 Å². The van der Waals surface area contributed by atoms with Crippen molar-refractivity contribution < 1.29 is 8.42 Å². The van der Waals surface area contributed by atoms with Crippen LogP contribution in [0.4, 0.5) is 0 Å². The highest BCUT2D eigenvalue weighted by Gasteiger charge is 2.34. The van der Waals surface area contributed by atoms with Gasteiger partial charge in [-0.25, -0.2) is 8.42 Å². The number of rotatable bonds is 3. The summed E-state index contributed by atoms with van der Waals surface area (Å²) in [6.45, 7) is 4.22. The second-order valence-corrected chi connectivity index (χ2v) is 6.76. The predicted octanol–water partition coefficient (Wildman–Crippen LogP) is 1.93. The van der Waals surface area contributed by atoms with Gasteiger partial charge in [0.1, 0.15) is 0 Å². The summed E-state index contributed by atoms with van der Waals surface area (Å²) in [7, 11) is -2.74. The molecule has 0 amide bonds. The van der Waals surface area contributed by atoms with Gasteiger partial charge >= 0.3 is 0 Å². The van der Waals surface area contributed by atoms with Crippen LogP contribution < -0.4 is 0 Å². The Morgan fingerprint density at radius 2 is 2.08 bits per heavy atom. The van der Waals surface area contributed by atoms with Gasteiger partial charge in [0.2, 0.25) is 0 Å². The molecule has 78 valence electrons. The Morgan fingerprint density at radius 1 is 1.46 bits per heavy atom. The van der Waals surface area contributed by atoms with Gasteiger partial charge in [-0.05, 0) is 24.2 Å². The number of halogens is 1. The summed E-state index contributed by atoms with van der Waals surface area (Å²) in [5, 5.41) is 0. The predicted molar refractivity (Wildman–Crippen MR) is 55.8 cm³/mol. The lowest BCUT2D eigenvalue weighted by molar-refractivity contribution is 0.306. The van der Waals surface area contributed by atoms with Crippen LogP contribution >= 0.6 is 11.6 Å². The van der Waals surface area contributed by atoms with E-state index >= 15 is 0 Å². The molecule has 1 heterocycles. The van der Waals surface area contributed by atoms with Crippen molar-refractivity contribution in [2.45, 2.75) is 20.3 Å². The van der Waals surface area contributed by atoms with Crippen molar-refractivity contribution in [3.05, 3.63) is 0 Å². The van der Waals surface area contributed by atoms with Gasteiger partial charge in [-0.15, -0.1) is 11.6 Å². The lowest BCUT2D eigenvalue weighted by atomic mass is 9.84. The normalized spacial score (nSPS) is 29.4. The minimum absolute atomic E-state index is 0.294. The highest BCUT2D eigenvalue weighted by atomic mass is 35.5. The molecule has 1 rings (SSSR count). The van der Waals surface area contributed by atoms with Crippen molar-refractivity contribution in [3.8, 4) is 0 Å². The van der Waals surface area contributed by atoms with Crippen LogP contribution in [0.2, 0.25) is 0 Å². The van der Waals surface area contributed by atoms with E-state index in [0.29, 0.717) is 35.1 Å².